The van der Waals surface area contributed by atoms with Crippen molar-refractivity contribution in [2.45, 2.75) is 58.3 Å². The number of amides is 1. The molecule has 5 nitrogen and oxygen atoms in total. The number of benzene rings is 1. The zero-order valence-electron chi connectivity index (χ0n) is 14.9. The van der Waals surface area contributed by atoms with E-state index < -0.39 is 12.1 Å². The van der Waals surface area contributed by atoms with Crippen LogP contribution in [0.15, 0.2) is 24.3 Å². The van der Waals surface area contributed by atoms with Crippen molar-refractivity contribution in [3.63, 3.8) is 0 Å². The lowest BCUT2D eigenvalue weighted by atomic mass is 9.84. The molecule has 2 saturated carbocycles. The van der Waals surface area contributed by atoms with E-state index >= 15 is 0 Å². The van der Waals surface area contributed by atoms with Gasteiger partial charge in [0.1, 0.15) is 0 Å². The van der Waals surface area contributed by atoms with Gasteiger partial charge in [0.25, 0.3) is 5.91 Å². The number of hydrogen-bond donors (Lipinski definition) is 2. The van der Waals surface area contributed by atoms with Gasteiger partial charge in [-0.15, -0.1) is 0 Å². The quantitative estimate of drug-likeness (QED) is 0.777. The van der Waals surface area contributed by atoms with Gasteiger partial charge in [0, 0.05) is 6.04 Å². The molecule has 0 aromatic heterocycles. The van der Waals surface area contributed by atoms with Gasteiger partial charge in [-0.3, -0.25) is 4.79 Å². The highest BCUT2D eigenvalue weighted by atomic mass is 16.5. The van der Waals surface area contributed by atoms with Crippen molar-refractivity contribution in [1.82, 2.24) is 5.32 Å². The number of fused-ring (bicyclic) bond motifs is 2. The second-order valence-corrected chi connectivity index (χ2v) is 7.54. The maximum absolute atomic E-state index is 12.4. The SMILES string of the molecule is C[C@H](OC(=O)c1ccc(CO)cc1)C(=O)N[C@@H](C)[C@@H]1C[C@H]2CC[C@H]1C2. The molecule has 3 rings (SSSR count). The van der Waals surface area contributed by atoms with Crippen LogP contribution in [-0.4, -0.2) is 29.1 Å². The number of ether oxygens (including phenoxy) is 1. The molecule has 5 heteroatoms. The lowest BCUT2D eigenvalue weighted by Gasteiger charge is -2.29. The number of hydrogen-bond acceptors (Lipinski definition) is 4. The normalized spacial score (nSPS) is 26.9. The molecule has 2 bridgehead atoms. The Hall–Kier alpha value is -1.88. The van der Waals surface area contributed by atoms with Crippen LogP contribution in [0, 0.1) is 17.8 Å². The van der Waals surface area contributed by atoms with Crippen molar-refractivity contribution in [2.75, 3.05) is 0 Å². The van der Waals surface area contributed by atoms with E-state index in [1.165, 1.54) is 25.7 Å². The van der Waals surface area contributed by atoms with Gasteiger partial charge in [-0.2, -0.15) is 0 Å². The summed E-state index contributed by atoms with van der Waals surface area (Å²) in [5.41, 5.74) is 1.10. The van der Waals surface area contributed by atoms with Crippen molar-refractivity contribution in [3.8, 4) is 0 Å². The summed E-state index contributed by atoms with van der Waals surface area (Å²) in [6, 6.07) is 6.64. The summed E-state index contributed by atoms with van der Waals surface area (Å²) in [5.74, 6) is 1.36. The Morgan fingerprint density at radius 3 is 2.48 bits per heavy atom. The van der Waals surface area contributed by atoms with Crippen LogP contribution in [0.3, 0.4) is 0 Å². The van der Waals surface area contributed by atoms with Crippen LogP contribution in [0.1, 0.15) is 55.5 Å². The van der Waals surface area contributed by atoms with E-state index in [9.17, 15) is 9.59 Å². The fraction of sp³-hybridized carbons (Fsp3) is 0.600. The van der Waals surface area contributed by atoms with Gasteiger partial charge in [-0.25, -0.2) is 4.79 Å². The lowest BCUT2D eigenvalue weighted by molar-refractivity contribution is -0.130. The Balaban J connectivity index is 1.50. The largest absolute Gasteiger partial charge is 0.449 e. The predicted molar refractivity (Wildman–Crippen MR) is 93.8 cm³/mol. The topological polar surface area (TPSA) is 75.6 Å². The molecule has 2 aliphatic rings. The fourth-order valence-electron chi connectivity index (χ4n) is 4.38. The number of carbonyl (C=O) groups excluding carboxylic acids is 2. The molecule has 0 heterocycles. The molecule has 0 spiro atoms. The Bertz CT molecular complexity index is 627. The van der Waals surface area contributed by atoms with Crippen LogP contribution >= 0.6 is 0 Å². The lowest BCUT2D eigenvalue weighted by Crippen LogP contribution is -2.45. The Morgan fingerprint density at radius 2 is 1.92 bits per heavy atom. The third kappa shape index (κ3) is 4.03. The molecule has 1 amide bonds. The van der Waals surface area contributed by atoms with Gasteiger partial charge in [-0.1, -0.05) is 18.6 Å². The average molecular weight is 345 g/mol. The second kappa shape index (κ2) is 7.56. The van der Waals surface area contributed by atoms with E-state index in [0.717, 1.165) is 17.4 Å². The van der Waals surface area contributed by atoms with Crippen molar-refractivity contribution < 1.29 is 19.4 Å². The second-order valence-electron chi connectivity index (χ2n) is 7.54. The number of rotatable bonds is 6. The van der Waals surface area contributed by atoms with Crippen molar-refractivity contribution in [1.29, 1.82) is 0 Å². The van der Waals surface area contributed by atoms with Gasteiger partial charge in [-0.05, 0) is 68.6 Å². The summed E-state index contributed by atoms with van der Waals surface area (Å²) in [7, 11) is 0. The number of aliphatic hydroxyl groups is 1. The number of carbonyl (C=O) groups is 2. The van der Waals surface area contributed by atoms with Gasteiger partial charge in [0.15, 0.2) is 6.10 Å². The van der Waals surface area contributed by atoms with Crippen LogP contribution in [0.5, 0.6) is 0 Å². The molecule has 2 aliphatic carbocycles. The van der Waals surface area contributed by atoms with Crippen molar-refractivity contribution >= 4 is 11.9 Å². The van der Waals surface area contributed by atoms with Crippen LogP contribution in [0.4, 0.5) is 0 Å². The van der Waals surface area contributed by atoms with E-state index in [2.05, 4.69) is 12.2 Å². The zero-order chi connectivity index (χ0) is 18.0. The third-order valence-electron chi connectivity index (χ3n) is 5.83. The van der Waals surface area contributed by atoms with E-state index in [1.807, 2.05) is 0 Å². The minimum absolute atomic E-state index is 0.0744. The maximum atomic E-state index is 12.4. The van der Waals surface area contributed by atoms with Gasteiger partial charge < -0.3 is 15.2 Å². The summed E-state index contributed by atoms with van der Waals surface area (Å²) in [6.07, 6.45) is 4.30. The van der Waals surface area contributed by atoms with E-state index in [4.69, 9.17) is 9.84 Å². The maximum Gasteiger partial charge on any atom is 0.338 e. The van der Waals surface area contributed by atoms with Gasteiger partial charge in [0.2, 0.25) is 0 Å². The first-order valence-electron chi connectivity index (χ1n) is 9.19. The molecule has 1 aromatic rings. The van der Waals surface area contributed by atoms with Crippen LogP contribution in [0.2, 0.25) is 0 Å². The molecule has 136 valence electrons. The van der Waals surface area contributed by atoms with Gasteiger partial charge in [0.05, 0.1) is 12.2 Å². The first-order chi connectivity index (χ1) is 12.0. The number of aliphatic hydroxyl groups excluding tert-OH is 1. The van der Waals surface area contributed by atoms with Crippen molar-refractivity contribution in [2.24, 2.45) is 17.8 Å². The van der Waals surface area contributed by atoms with E-state index in [0.29, 0.717) is 11.5 Å². The third-order valence-corrected chi connectivity index (χ3v) is 5.83. The number of nitrogens with one attached hydrogen (secondary N) is 1. The zero-order valence-corrected chi connectivity index (χ0v) is 14.9. The molecule has 1 aromatic carbocycles. The molecule has 0 unspecified atom stereocenters. The summed E-state index contributed by atoms with van der Waals surface area (Å²) in [5, 5.41) is 12.1. The summed E-state index contributed by atoms with van der Waals surface area (Å²) in [4.78, 5) is 24.5. The molecule has 0 saturated heterocycles. The average Bonchev–Trinajstić information content (AvgIpc) is 3.25. The molecule has 2 N–H and O–H groups in total. The van der Waals surface area contributed by atoms with E-state index in [-0.39, 0.29) is 18.6 Å². The highest BCUT2D eigenvalue weighted by molar-refractivity contribution is 5.92. The smallest absolute Gasteiger partial charge is 0.338 e. The van der Waals surface area contributed by atoms with Crippen LogP contribution < -0.4 is 5.32 Å². The minimum Gasteiger partial charge on any atom is -0.449 e. The first kappa shape index (κ1) is 17.9. The molecule has 25 heavy (non-hydrogen) atoms. The Kier molecular flexibility index (Phi) is 5.42. The highest BCUT2D eigenvalue weighted by Gasteiger charge is 2.42. The molecular formula is C20H27NO4. The fourth-order valence-corrected chi connectivity index (χ4v) is 4.38. The monoisotopic (exact) mass is 345 g/mol. The standard InChI is InChI=1S/C20H27NO4/c1-12(18-10-15-5-8-17(18)9-15)21-19(23)13(2)25-20(24)16-6-3-14(11-22)4-7-16/h3-4,6-7,12-13,15,17-18,22H,5,8-11H2,1-2H3,(H,21,23)/t12-,13-,15-,17-,18-/m0/s1. The predicted octanol–water partition coefficient (Wildman–Crippen LogP) is 2.67. The molecule has 5 atom stereocenters. The minimum atomic E-state index is -0.828. The molecular weight excluding hydrogens is 318 g/mol. The Morgan fingerprint density at radius 1 is 1.20 bits per heavy atom. The molecule has 0 radical (unpaired) electrons. The summed E-state index contributed by atoms with van der Waals surface area (Å²) >= 11 is 0. The number of esters is 1. The van der Waals surface area contributed by atoms with Gasteiger partial charge >= 0.3 is 5.97 Å². The first-order valence-corrected chi connectivity index (χ1v) is 9.19. The van der Waals surface area contributed by atoms with E-state index in [1.54, 1.807) is 31.2 Å². The summed E-state index contributed by atoms with van der Waals surface area (Å²) in [6.45, 7) is 3.59. The molecule has 0 aliphatic heterocycles. The molecule has 2 fully saturated rings. The Labute approximate surface area is 148 Å². The van der Waals surface area contributed by atoms with Crippen molar-refractivity contribution in [3.05, 3.63) is 35.4 Å². The highest BCUT2D eigenvalue weighted by Crippen LogP contribution is 2.49. The van der Waals surface area contributed by atoms with Crippen LogP contribution in [-0.2, 0) is 16.1 Å². The van der Waals surface area contributed by atoms with Crippen LogP contribution in [0.25, 0.3) is 0 Å². The summed E-state index contributed by atoms with van der Waals surface area (Å²) < 4.78 is 5.28.